The summed E-state index contributed by atoms with van der Waals surface area (Å²) in [6.07, 6.45) is 0.0752. The molecule has 0 aliphatic heterocycles. The molecule has 0 saturated carbocycles. The first-order valence-corrected chi connectivity index (χ1v) is 8.34. The molecule has 0 fully saturated rings. The van der Waals surface area contributed by atoms with Crippen molar-refractivity contribution in [2.45, 2.75) is 19.5 Å². The SMILES string of the molecule is Cc1nc(Cc2cccc(C(F)(F)F)c2)sc1NC(=O)c1cnccn1. The number of anilines is 1. The number of aryl methyl sites for hydroxylation is 1. The van der Waals surface area contributed by atoms with Gasteiger partial charge in [0.05, 0.1) is 22.5 Å². The number of carbonyl (C=O) groups is 1. The number of benzene rings is 1. The maximum atomic E-state index is 12.8. The van der Waals surface area contributed by atoms with Gasteiger partial charge in [0.1, 0.15) is 10.7 Å². The van der Waals surface area contributed by atoms with Gasteiger partial charge < -0.3 is 5.32 Å². The number of hydrogen-bond acceptors (Lipinski definition) is 5. The van der Waals surface area contributed by atoms with Crippen LogP contribution in [0.3, 0.4) is 0 Å². The third kappa shape index (κ3) is 4.23. The van der Waals surface area contributed by atoms with Crippen molar-refractivity contribution >= 4 is 22.2 Å². The number of nitrogens with one attached hydrogen (secondary N) is 1. The number of nitrogens with zero attached hydrogens (tertiary/aromatic N) is 3. The molecule has 0 radical (unpaired) electrons. The van der Waals surface area contributed by atoms with Gasteiger partial charge in [-0.15, -0.1) is 11.3 Å². The second-order valence-corrected chi connectivity index (χ2v) is 6.53. The molecular formula is C17H13F3N4OS. The Balaban J connectivity index is 1.75. The van der Waals surface area contributed by atoms with Crippen LogP contribution in [0, 0.1) is 6.92 Å². The van der Waals surface area contributed by atoms with E-state index in [1.165, 1.54) is 36.0 Å². The Morgan fingerprint density at radius 2 is 2.08 bits per heavy atom. The Kier molecular flexibility index (Phi) is 4.99. The number of amides is 1. The van der Waals surface area contributed by atoms with Gasteiger partial charge >= 0.3 is 6.18 Å². The summed E-state index contributed by atoms with van der Waals surface area (Å²) in [7, 11) is 0. The van der Waals surface area contributed by atoms with Crippen molar-refractivity contribution in [2.24, 2.45) is 0 Å². The maximum Gasteiger partial charge on any atom is 0.416 e. The van der Waals surface area contributed by atoms with Gasteiger partial charge in [-0.25, -0.2) is 9.97 Å². The topological polar surface area (TPSA) is 67.8 Å². The van der Waals surface area contributed by atoms with Crippen LogP contribution in [0.1, 0.15) is 32.3 Å². The monoisotopic (exact) mass is 378 g/mol. The van der Waals surface area contributed by atoms with Gasteiger partial charge in [-0.1, -0.05) is 18.2 Å². The van der Waals surface area contributed by atoms with E-state index in [2.05, 4.69) is 20.3 Å². The summed E-state index contributed by atoms with van der Waals surface area (Å²) in [5.74, 6) is -0.421. The maximum absolute atomic E-state index is 12.8. The summed E-state index contributed by atoms with van der Waals surface area (Å²) in [6.45, 7) is 1.72. The zero-order valence-electron chi connectivity index (χ0n) is 13.5. The molecule has 0 saturated heterocycles. The van der Waals surface area contributed by atoms with E-state index in [1.54, 1.807) is 13.0 Å². The number of alkyl halides is 3. The third-order valence-electron chi connectivity index (χ3n) is 3.47. The number of aromatic nitrogens is 3. The fourth-order valence-corrected chi connectivity index (χ4v) is 3.25. The molecule has 0 aliphatic rings. The van der Waals surface area contributed by atoms with Crippen molar-refractivity contribution < 1.29 is 18.0 Å². The first-order valence-electron chi connectivity index (χ1n) is 7.53. The summed E-state index contributed by atoms with van der Waals surface area (Å²) in [5, 5.41) is 3.84. The average molecular weight is 378 g/mol. The van der Waals surface area contributed by atoms with Crippen molar-refractivity contribution in [3.8, 4) is 0 Å². The predicted octanol–water partition coefficient (Wildman–Crippen LogP) is 4.10. The van der Waals surface area contributed by atoms with Crippen LogP contribution in [0.4, 0.5) is 18.2 Å². The molecule has 0 bridgehead atoms. The van der Waals surface area contributed by atoms with E-state index in [0.717, 1.165) is 12.1 Å². The predicted molar refractivity (Wildman–Crippen MR) is 91.1 cm³/mol. The zero-order valence-corrected chi connectivity index (χ0v) is 14.4. The summed E-state index contributed by atoms with van der Waals surface area (Å²) < 4.78 is 38.4. The standard InChI is InChI=1S/C17H13F3N4OS/c1-10-16(24-15(25)13-9-21-5-6-22-13)26-14(23-10)8-11-3-2-4-12(7-11)17(18,19)20/h2-7,9H,8H2,1H3,(H,24,25). The van der Waals surface area contributed by atoms with E-state index in [9.17, 15) is 18.0 Å². The Labute approximate surface area is 151 Å². The van der Waals surface area contributed by atoms with Gasteiger partial charge in [0.2, 0.25) is 0 Å². The molecule has 0 aliphatic carbocycles. The fraction of sp³-hybridized carbons (Fsp3) is 0.176. The van der Waals surface area contributed by atoms with Crippen LogP contribution in [-0.2, 0) is 12.6 Å². The molecule has 1 N–H and O–H groups in total. The lowest BCUT2D eigenvalue weighted by Crippen LogP contribution is -2.13. The van der Waals surface area contributed by atoms with Crippen molar-refractivity contribution in [2.75, 3.05) is 5.32 Å². The Bertz CT molecular complexity index is 925. The smallest absolute Gasteiger partial charge is 0.311 e. The van der Waals surface area contributed by atoms with Gasteiger partial charge in [0, 0.05) is 18.8 Å². The number of hydrogen-bond donors (Lipinski definition) is 1. The highest BCUT2D eigenvalue weighted by atomic mass is 32.1. The van der Waals surface area contributed by atoms with Gasteiger partial charge in [0.15, 0.2) is 0 Å². The Hall–Kier alpha value is -2.81. The largest absolute Gasteiger partial charge is 0.416 e. The van der Waals surface area contributed by atoms with Crippen LogP contribution in [0.25, 0.3) is 0 Å². The molecule has 9 heteroatoms. The van der Waals surface area contributed by atoms with E-state index in [4.69, 9.17) is 0 Å². The summed E-state index contributed by atoms with van der Waals surface area (Å²) >= 11 is 1.22. The molecule has 1 amide bonds. The van der Waals surface area contributed by atoms with E-state index in [1.807, 2.05) is 0 Å². The summed E-state index contributed by atoms with van der Waals surface area (Å²) in [5.41, 5.74) is 0.564. The van der Waals surface area contributed by atoms with Crippen LogP contribution < -0.4 is 5.32 Å². The highest BCUT2D eigenvalue weighted by Gasteiger charge is 2.30. The molecule has 3 aromatic rings. The molecular weight excluding hydrogens is 365 g/mol. The average Bonchev–Trinajstić information content (AvgIpc) is 2.94. The van der Waals surface area contributed by atoms with Gasteiger partial charge in [-0.3, -0.25) is 9.78 Å². The first kappa shape index (κ1) is 18.0. The number of rotatable bonds is 4. The van der Waals surface area contributed by atoms with Crippen LogP contribution in [0.2, 0.25) is 0 Å². The van der Waals surface area contributed by atoms with Crippen molar-refractivity contribution in [1.82, 2.24) is 15.0 Å². The van der Waals surface area contributed by atoms with Crippen LogP contribution in [-0.4, -0.2) is 20.9 Å². The molecule has 0 spiro atoms. The van der Waals surface area contributed by atoms with E-state index in [-0.39, 0.29) is 12.1 Å². The lowest BCUT2D eigenvalue weighted by atomic mass is 10.1. The first-order chi connectivity index (χ1) is 12.3. The molecule has 134 valence electrons. The second-order valence-electron chi connectivity index (χ2n) is 5.44. The minimum Gasteiger partial charge on any atom is -0.311 e. The molecule has 0 atom stereocenters. The fourth-order valence-electron chi connectivity index (χ4n) is 2.26. The molecule has 2 aromatic heterocycles. The molecule has 3 rings (SSSR count). The van der Waals surface area contributed by atoms with E-state index in [0.29, 0.717) is 21.3 Å². The van der Waals surface area contributed by atoms with Crippen molar-refractivity contribution in [3.63, 3.8) is 0 Å². The summed E-state index contributed by atoms with van der Waals surface area (Å²) in [6, 6.07) is 5.12. The van der Waals surface area contributed by atoms with Crippen LogP contribution in [0.15, 0.2) is 42.9 Å². The normalized spacial score (nSPS) is 11.4. The summed E-state index contributed by atoms with van der Waals surface area (Å²) in [4.78, 5) is 24.2. The van der Waals surface area contributed by atoms with Crippen LogP contribution in [0.5, 0.6) is 0 Å². The highest BCUT2D eigenvalue weighted by Crippen LogP contribution is 2.31. The van der Waals surface area contributed by atoms with Gasteiger partial charge in [-0.05, 0) is 18.6 Å². The lowest BCUT2D eigenvalue weighted by molar-refractivity contribution is -0.137. The van der Waals surface area contributed by atoms with Crippen molar-refractivity contribution in [1.29, 1.82) is 0 Å². The third-order valence-corrected chi connectivity index (χ3v) is 4.55. The highest BCUT2D eigenvalue weighted by molar-refractivity contribution is 7.16. The Morgan fingerprint density at radius 1 is 1.27 bits per heavy atom. The second kappa shape index (κ2) is 7.20. The molecule has 0 unspecified atom stereocenters. The quantitative estimate of drug-likeness (QED) is 0.742. The lowest BCUT2D eigenvalue weighted by Gasteiger charge is -2.07. The molecule has 26 heavy (non-hydrogen) atoms. The number of thiazole rings is 1. The van der Waals surface area contributed by atoms with Crippen molar-refractivity contribution in [3.05, 3.63) is 70.4 Å². The number of carbonyl (C=O) groups excluding carboxylic acids is 1. The van der Waals surface area contributed by atoms with Gasteiger partial charge in [0.25, 0.3) is 5.91 Å². The van der Waals surface area contributed by atoms with E-state index < -0.39 is 17.6 Å². The molecule has 1 aromatic carbocycles. The zero-order chi connectivity index (χ0) is 18.7. The number of halogens is 3. The van der Waals surface area contributed by atoms with Gasteiger partial charge in [-0.2, -0.15) is 13.2 Å². The minimum absolute atomic E-state index is 0.166. The minimum atomic E-state index is -4.38. The Morgan fingerprint density at radius 3 is 2.77 bits per heavy atom. The van der Waals surface area contributed by atoms with Crippen LogP contribution >= 0.6 is 11.3 Å². The molecule has 5 nitrogen and oxygen atoms in total. The molecule has 2 heterocycles. The van der Waals surface area contributed by atoms with E-state index >= 15 is 0 Å².